The van der Waals surface area contributed by atoms with Gasteiger partial charge in [0.25, 0.3) is 0 Å². The summed E-state index contributed by atoms with van der Waals surface area (Å²) in [6, 6.07) is 11.7. The molecule has 0 bridgehead atoms. The molecule has 3 aliphatic rings. The topological polar surface area (TPSA) is 68.2 Å². The molecule has 1 aliphatic carbocycles. The SMILES string of the molecule is Oc1cccc(N2CCN(CCCCOc3ccc4c(c3)NC(O)C3CC43)CC2)c1Cl. The predicted octanol–water partition coefficient (Wildman–Crippen LogP) is 3.87. The molecule has 5 rings (SSSR count). The van der Waals surface area contributed by atoms with Gasteiger partial charge in [0, 0.05) is 43.9 Å². The number of aliphatic hydroxyl groups excluding tert-OH is 1. The van der Waals surface area contributed by atoms with Gasteiger partial charge < -0.3 is 25.2 Å². The first-order valence-corrected chi connectivity index (χ1v) is 11.6. The molecule has 2 fully saturated rings. The van der Waals surface area contributed by atoms with Crippen LogP contribution in [0.25, 0.3) is 0 Å². The van der Waals surface area contributed by atoms with E-state index in [2.05, 4.69) is 27.2 Å². The Labute approximate surface area is 188 Å². The number of rotatable bonds is 7. The highest BCUT2D eigenvalue weighted by Gasteiger charge is 2.47. The van der Waals surface area contributed by atoms with E-state index in [1.165, 1.54) is 5.56 Å². The van der Waals surface area contributed by atoms with Gasteiger partial charge in [0.1, 0.15) is 22.7 Å². The fourth-order valence-corrected chi connectivity index (χ4v) is 5.10. The minimum absolute atomic E-state index is 0.143. The molecule has 1 saturated heterocycles. The van der Waals surface area contributed by atoms with E-state index in [0.717, 1.165) is 69.1 Å². The van der Waals surface area contributed by atoms with E-state index in [0.29, 0.717) is 23.5 Å². The number of hydrogen-bond donors (Lipinski definition) is 3. The Bertz CT molecular complexity index is 932. The van der Waals surface area contributed by atoms with Gasteiger partial charge in [-0.05, 0) is 55.5 Å². The number of benzene rings is 2. The number of phenolic OH excluding ortho intramolecular Hbond substituents is 1. The number of fused-ring (bicyclic) bond motifs is 3. The first kappa shape index (κ1) is 20.7. The van der Waals surface area contributed by atoms with E-state index in [-0.39, 0.29) is 5.75 Å². The molecule has 2 aromatic carbocycles. The van der Waals surface area contributed by atoms with Crippen molar-refractivity contribution >= 4 is 23.0 Å². The number of aromatic hydroxyl groups is 1. The summed E-state index contributed by atoms with van der Waals surface area (Å²) in [5.41, 5.74) is 3.25. The quantitative estimate of drug-likeness (QED) is 0.564. The molecule has 0 radical (unpaired) electrons. The summed E-state index contributed by atoms with van der Waals surface area (Å²) in [5.74, 6) is 1.92. The van der Waals surface area contributed by atoms with Crippen molar-refractivity contribution in [2.75, 3.05) is 49.5 Å². The molecule has 2 aromatic rings. The lowest BCUT2D eigenvalue weighted by Gasteiger charge is -2.36. The standard InChI is InChI=1S/C24H30ClN3O3/c25-23-21(4-3-5-22(23)29)28-11-9-27(10-12-28)8-1-2-13-31-16-6-7-17-18-15-19(18)24(30)26-20(17)14-16/h3-7,14,18-19,24,26,29-30H,1-2,8-13,15H2. The van der Waals surface area contributed by atoms with Crippen LogP contribution >= 0.6 is 11.6 Å². The van der Waals surface area contributed by atoms with Crippen molar-refractivity contribution in [2.24, 2.45) is 5.92 Å². The highest BCUT2D eigenvalue weighted by molar-refractivity contribution is 6.34. The predicted molar refractivity (Wildman–Crippen MR) is 123 cm³/mol. The number of halogens is 1. The van der Waals surface area contributed by atoms with Crippen LogP contribution in [0, 0.1) is 5.92 Å². The van der Waals surface area contributed by atoms with Gasteiger partial charge in [-0.2, -0.15) is 0 Å². The number of phenols is 1. The maximum absolute atomic E-state index is 10.1. The van der Waals surface area contributed by atoms with Gasteiger partial charge >= 0.3 is 0 Å². The number of nitrogens with zero attached hydrogens (tertiary/aromatic N) is 2. The smallest absolute Gasteiger partial charge is 0.136 e. The number of aliphatic hydroxyl groups is 1. The van der Waals surface area contributed by atoms with Crippen LogP contribution in [0.15, 0.2) is 36.4 Å². The van der Waals surface area contributed by atoms with Gasteiger partial charge in [-0.15, -0.1) is 0 Å². The summed E-state index contributed by atoms with van der Waals surface area (Å²) in [6.45, 7) is 5.57. The molecule has 0 amide bonds. The second kappa shape index (κ2) is 8.77. The molecular formula is C24H30ClN3O3. The van der Waals surface area contributed by atoms with E-state index >= 15 is 0 Å². The number of nitrogens with one attached hydrogen (secondary N) is 1. The van der Waals surface area contributed by atoms with Gasteiger partial charge in [0.15, 0.2) is 0 Å². The number of hydrogen-bond acceptors (Lipinski definition) is 6. The summed E-state index contributed by atoms with van der Waals surface area (Å²) < 4.78 is 5.96. The lowest BCUT2D eigenvalue weighted by atomic mass is 10.0. The molecule has 6 nitrogen and oxygen atoms in total. The Morgan fingerprint density at radius 3 is 2.77 bits per heavy atom. The summed E-state index contributed by atoms with van der Waals surface area (Å²) in [6.07, 6.45) is 2.77. The van der Waals surface area contributed by atoms with Crippen molar-refractivity contribution < 1.29 is 14.9 Å². The fraction of sp³-hybridized carbons (Fsp3) is 0.500. The third-order valence-electron chi connectivity index (χ3n) is 6.78. The van der Waals surface area contributed by atoms with Crippen molar-refractivity contribution in [1.82, 2.24) is 4.90 Å². The Hall–Kier alpha value is -2.15. The fourth-order valence-electron chi connectivity index (χ4n) is 4.85. The Balaban J connectivity index is 1.02. The van der Waals surface area contributed by atoms with Crippen molar-refractivity contribution in [1.29, 1.82) is 0 Å². The lowest BCUT2D eigenvalue weighted by molar-refractivity contribution is 0.174. The molecule has 3 atom stereocenters. The first-order valence-electron chi connectivity index (χ1n) is 11.3. The molecular weight excluding hydrogens is 414 g/mol. The van der Waals surface area contributed by atoms with Crippen LogP contribution < -0.4 is 15.0 Å². The molecule has 0 aromatic heterocycles. The van der Waals surface area contributed by atoms with Crippen molar-refractivity contribution in [3.8, 4) is 11.5 Å². The van der Waals surface area contributed by atoms with Gasteiger partial charge in [-0.25, -0.2) is 0 Å². The van der Waals surface area contributed by atoms with Crippen LogP contribution in [0.2, 0.25) is 5.02 Å². The summed E-state index contributed by atoms with van der Waals surface area (Å²) in [7, 11) is 0. The molecule has 1 saturated carbocycles. The summed E-state index contributed by atoms with van der Waals surface area (Å²) >= 11 is 6.25. The largest absolute Gasteiger partial charge is 0.506 e. The molecule has 2 heterocycles. The maximum Gasteiger partial charge on any atom is 0.136 e. The van der Waals surface area contributed by atoms with E-state index in [9.17, 15) is 10.2 Å². The third-order valence-corrected chi connectivity index (χ3v) is 7.17. The van der Waals surface area contributed by atoms with E-state index in [4.69, 9.17) is 16.3 Å². The Kier molecular flexibility index (Phi) is 5.87. The zero-order valence-electron chi connectivity index (χ0n) is 17.6. The zero-order valence-corrected chi connectivity index (χ0v) is 18.4. The van der Waals surface area contributed by atoms with Crippen LogP contribution in [0.4, 0.5) is 11.4 Å². The second-order valence-electron chi connectivity index (χ2n) is 8.84. The highest BCUT2D eigenvalue weighted by Crippen LogP contribution is 2.55. The van der Waals surface area contributed by atoms with E-state index < -0.39 is 6.23 Å². The Morgan fingerprint density at radius 1 is 1.10 bits per heavy atom. The molecule has 3 unspecified atom stereocenters. The average molecular weight is 444 g/mol. The molecule has 0 spiro atoms. The lowest BCUT2D eigenvalue weighted by Crippen LogP contribution is -2.46. The Morgan fingerprint density at radius 2 is 1.94 bits per heavy atom. The van der Waals surface area contributed by atoms with Crippen molar-refractivity contribution in [3.63, 3.8) is 0 Å². The normalized spacial score (nSPS) is 24.8. The average Bonchev–Trinajstić information content (AvgIpc) is 3.58. The maximum atomic E-state index is 10.1. The molecule has 166 valence electrons. The van der Waals surface area contributed by atoms with Crippen LogP contribution in [0.1, 0.15) is 30.7 Å². The third kappa shape index (κ3) is 4.43. The second-order valence-corrected chi connectivity index (χ2v) is 9.22. The summed E-state index contributed by atoms with van der Waals surface area (Å²) in [5, 5.41) is 23.5. The molecule has 3 N–H and O–H groups in total. The number of piperazine rings is 1. The van der Waals surface area contributed by atoms with E-state index in [1.54, 1.807) is 6.07 Å². The monoisotopic (exact) mass is 443 g/mol. The highest BCUT2D eigenvalue weighted by atomic mass is 35.5. The molecule has 2 aliphatic heterocycles. The first-order chi connectivity index (χ1) is 15.1. The van der Waals surface area contributed by atoms with Crippen LogP contribution in [0.5, 0.6) is 11.5 Å². The minimum atomic E-state index is -0.420. The minimum Gasteiger partial charge on any atom is -0.506 e. The van der Waals surface area contributed by atoms with Gasteiger partial charge in [-0.3, -0.25) is 4.90 Å². The summed E-state index contributed by atoms with van der Waals surface area (Å²) in [4.78, 5) is 4.72. The van der Waals surface area contributed by atoms with Crippen LogP contribution in [0.3, 0.4) is 0 Å². The van der Waals surface area contributed by atoms with Crippen LogP contribution in [-0.2, 0) is 0 Å². The van der Waals surface area contributed by atoms with Crippen molar-refractivity contribution in [2.45, 2.75) is 31.4 Å². The van der Waals surface area contributed by atoms with E-state index in [1.807, 2.05) is 18.2 Å². The number of ether oxygens (including phenoxy) is 1. The molecule has 31 heavy (non-hydrogen) atoms. The number of anilines is 2. The number of unbranched alkanes of at least 4 members (excludes halogenated alkanes) is 1. The van der Waals surface area contributed by atoms with Gasteiger partial charge in [0.2, 0.25) is 0 Å². The van der Waals surface area contributed by atoms with Gasteiger partial charge in [-0.1, -0.05) is 23.7 Å². The van der Waals surface area contributed by atoms with Crippen molar-refractivity contribution in [3.05, 3.63) is 47.0 Å². The zero-order chi connectivity index (χ0) is 21.4. The van der Waals surface area contributed by atoms with Crippen LogP contribution in [-0.4, -0.2) is 60.7 Å². The van der Waals surface area contributed by atoms with Gasteiger partial charge in [0.05, 0.1) is 12.3 Å². The molecule has 7 heteroatoms.